The number of fused-ring (bicyclic) bond motifs is 1. The largest absolute Gasteiger partial charge is 0.353 e. The molecule has 0 radical (unpaired) electrons. The van der Waals surface area contributed by atoms with E-state index in [1.54, 1.807) is 17.7 Å². The molecule has 0 saturated heterocycles. The van der Waals surface area contributed by atoms with Crippen molar-refractivity contribution in [3.05, 3.63) is 16.8 Å². The van der Waals surface area contributed by atoms with E-state index < -0.39 is 0 Å². The Balaban J connectivity index is 2.65. The molecular formula is C13H18BrN3S. The molecule has 0 saturated carbocycles. The number of anilines is 1. The van der Waals surface area contributed by atoms with Crippen molar-refractivity contribution in [2.75, 3.05) is 17.3 Å². The van der Waals surface area contributed by atoms with Crippen LogP contribution in [0.3, 0.4) is 0 Å². The lowest BCUT2D eigenvalue weighted by molar-refractivity contribution is 0.548. The van der Waals surface area contributed by atoms with Crippen LogP contribution in [0.2, 0.25) is 0 Å². The van der Waals surface area contributed by atoms with Crippen LogP contribution < -0.4 is 4.90 Å². The van der Waals surface area contributed by atoms with Gasteiger partial charge in [-0.15, -0.1) is 11.3 Å². The van der Waals surface area contributed by atoms with Crippen LogP contribution in [0.1, 0.15) is 24.3 Å². The molecule has 0 N–H and O–H groups in total. The van der Waals surface area contributed by atoms with Gasteiger partial charge in [0.25, 0.3) is 0 Å². The van der Waals surface area contributed by atoms with Gasteiger partial charge in [-0.2, -0.15) is 0 Å². The molecule has 0 aliphatic heterocycles. The monoisotopic (exact) mass is 327 g/mol. The number of rotatable bonds is 3. The van der Waals surface area contributed by atoms with E-state index >= 15 is 0 Å². The standard InChI is InChI=1S/C13H18BrN3S/c1-8-9(2)18-12-10(8)11(15-7-16-12)17(5)13(3,4)6-14/h7H,6H2,1-5H3. The van der Waals surface area contributed by atoms with Crippen LogP contribution in [0, 0.1) is 13.8 Å². The minimum absolute atomic E-state index is 0.0174. The lowest BCUT2D eigenvalue weighted by atomic mass is 10.1. The molecule has 5 heteroatoms. The number of nitrogens with zero attached hydrogens (tertiary/aromatic N) is 3. The number of aryl methyl sites for hydroxylation is 2. The fourth-order valence-corrected chi connectivity index (χ4v) is 3.16. The second kappa shape index (κ2) is 4.78. The van der Waals surface area contributed by atoms with Crippen LogP contribution in [-0.4, -0.2) is 27.9 Å². The molecule has 0 fully saturated rings. The summed E-state index contributed by atoms with van der Waals surface area (Å²) < 4.78 is 0. The highest BCUT2D eigenvalue weighted by molar-refractivity contribution is 9.09. The normalized spacial score (nSPS) is 12.1. The highest BCUT2D eigenvalue weighted by Crippen LogP contribution is 2.36. The van der Waals surface area contributed by atoms with Crippen LogP contribution in [0.4, 0.5) is 5.82 Å². The Hall–Kier alpha value is -0.680. The molecule has 2 rings (SSSR count). The van der Waals surface area contributed by atoms with Gasteiger partial charge in [-0.1, -0.05) is 15.9 Å². The van der Waals surface area contributed by atoms with Crippen LogP contribution in [0.5, 0.6) is 0 Å². The topological polar surface area (TPSA) is 29.0 Å². The molecule has 3 nitrogen and oxygen atoms in total. The third-order valence-corrected chi connectivity index (χ3v) is 5.99. The first kappa shape index (κ1) is 13.7. The number of hydrogen-bond acceptors (Lipinski definition) is 4. The average molecular weight is 328 g/mol. The molecule has 0 spiro atoms. The quantitative estimate of drug-likeness (QED) is 0.800. The van der Waals surface area contributed by atoms with Gasteiger partial charge < -0.3 is 4.90 Å². The van der Waals surface area contributed by atoms with Gasteiger partial charge >= 0.3 is 0 Å². The number of hydrogen-bond donors (Lipinski definition) is 0. The molecule has 98 valence electrons. The number of halogens is 1. The molecule has 0 aliphatic rings. The summed E-state index contributed by atoms with van der Waals surface area (Å²) in [6, 6.07) is 0. The predicted octanol–water partition coefficient (Wildman–Crippen LogP) is 3.92. The highest BCUT2D eigenvalue weighted by atomic mass is 79.9. The molecule has 0 aromatic carbocycles. The van der Waals surface area contributed by atoms with Crippen molar-refractivity contribution in [3.63, 3.8) is 0 Å². The minimum atomic E-state index is 0.0174. The fourth-order valence-electron chi connectivity index (χ4n) is 1.79. The van der Waals surface area contributed by atoms with Gasteiger partial charge in [0.1, 0.15) is 17.0 Å². The molecule has 2 heterocycles. The molecule has 18 heavy (non-hydrogen) atoms. The van der Waals surface area contributed by atoms with Crippen molar-refractivity contribution in [2.45, 2.75) is 33.2 Å². The van der Waals surface area contributed by atoms with E-state index in [0.29, 0.717) is 0 Å². The van der Waals surface area contributed by atoms with Gasteiger partial charge in [-0.3, -0.25) is 0 Å². The SMILES string of the molecule is Cc1sc2ncnc(N(C)C(C)(C)CBr)c2c1C. The second-order valence-corrected chi connectivity index (χ2v) is 6.93. The first-order valence-electron chi connectivity index (χ1n) is 5.89. The van der Waals surface area contributed by atoms with Gasteiger partial charge in [-0.25, -0.2) is 9.97 Å². The molecule has 0 aliphatic carbocycles. The van der Waals surface area contributed by atoms with Crippen molar-refractivity contribution in [3.8, 4) is 0 Å². The van der Waals surface area contributed by atoms with E-state index in [0.717, 1.165) is 16.0 Å². The number of alkyl halides is 1. The van der Waals surface area contributed by atoms with E-state index in [2.05, 4.69) is 65.5 Å². The third kappa shape index (κ3) is 2.14. The lowest BCUT2D eigenvalue weighted by Gasteiger charge is -2.35. The summed E-state index contributed by atoms with van der Waals surface area (Å²) in [6.07, 6.45) is 1.66. The molecule has 0 amide bonds. The van der Waals surface area contributed by atoms with E-state index in [9.17, 15) is 0 Å². The smallest absolute Gasteiger partial charge is 0.141 e. The predicted molar refractivity (Wildman–Crippen MR) is 83.2 cm³/mol. The molecular weight excluding hydrogens is 310 g/mol. The summed E-state index contributed by atoms with van der Waals surface area (Å²) in [6.45, 7) is 8.69. The lowest BCUT2D eigenvalue weighted by Crippen LogP contribution is -2.43. The Labute approximate surface area is 120 Å². The van der Waals surface area contributed by atoms with Crippen molar-refractivity contribution >= 4 is 43.3 Å². The van der Waals surface area contributed by atoms with Crippen LogP contribution in [-0.2, 0) is 0 Å². The van der Waals surface area contributed by atoms with Crippen LogP contribution in [0.15, 0.2) is 6.33 Å². The zero-order chi connectivity index (χ0) is 13.5. The van der Waals surface area contributed by atoms with Gasteiger partial charge in [0, 0.05) is 22.8 Å². The Morgan fingerprint density at radius 2 is 2.00 bits per heavy atom. The van der Waals surface area contributed by atoms with Crippen LogP contribution in [0.25, 0.3) is 10.2 Å². The first-order valence-corrected chi connectivity index (χ1v) is 7.83. The Morgan fingerprint density at radius 1 is 1.33 bits per heavy atom. The summed E-state index contributed by atoms with van der Waals surface area (Å²) in [5.41, 5.74) is 1.31. The summed E-state index contributed by atoms with van der Waals surface area (Å²) in [5, 5.41) is 2.08. The van der Waals surface area contributed by atoms with Gasteiger partial charge in [0.2, 0.25) is 0 Å². The number of thiophene rings is 1. The molecule has 2 aromatic rings. The van der Waals surface area contributed by atoms with Crippen molar-refractivity contribution in [2.24, 2.45) is 0 Å². The number of aromatic nitrogens is 2. The summed E-state index contributed by atoms with van der Waals surface area (Å²) in [4.78, 5) is 13.5. The molecule has 0 bridgehead atoms. The second-order valence-electron chi connectivity index (χ2n) is 5.17. The Bertz CT molecular complexity index is 577. The zero-order valence-corrected chi connectivity index (χ0v) is 13.8. The zero-order valence-electron chi connectivity index (χ0n) is 11.4. The van der Waals surface area contributed by atoms with Gasteiger partial charge in [0.05, 0.1) is 5.39 Å². The summed E-state index contributed by atoms with van der Waals surface area (Å²) in [7, 11) is 2.09. The van der Waals surface area contributed by atoms with Crippen molar-refractivity contribution < 1.29 is 0 Å². The van der Waals surface area contributed by atoms with Gasteiger partial charge in [0.15, 0.2) is 0 Å². The minimum Gasteiger partial charge on any atom is -0.353 e. The average Bonchev–Trinajstić information content (AvgIpc) is 2.64. The van der Waals surface area contributed by atoms with Crippen LogP contribution >= 0.6 is 27.3 Å². The molecule has 0 atom stereocenters. The maximum Gasteiger partial charge on any atom is 0.141 e. The molecule has 0 unspecified atom stereocenters. The fraction of sp³-hybridized carbons (Fsp3) is 0.538. The molecule has 2 aromatic heterocycles. The van der Waals surface area contributed by atoms with Crippen molar-refractivity contribution in [1.82, 2.24) is 9.97 Å². The summed E-state index contributed by atoms with van der Waals surface area (Å²) in [5.74, 6) is 1.02. The third-order valence-electron chi connectivity index (χ3n) is 3.50. The maximum atomic E-state index is 4.50. The van der Waals surface area contributed by atoms with Gasteiger partial charge in [-0.05, 0) is 33.3 Å². The van der Waals surface area contributed by atoms with E-state index in [1.165, 1.54) is 15.8 Å². The summed E-state index contributed by atoms with van der Waals surface area (Å²) >= 11 is 5.31. The maximum absolute atomic E-state index is 4.50. The Kier molecular flexibility index (Phi) is 3.65. The first-order chi connectivity index (χ1) is 8.38. The van der Waals surface area contributed by atoms with E-state index in [-0.39, 0.29) is 5.54 Å². The highest BCUT2D eigenvalue weighted by Gasteiger charge is 2.26. The Morgan fingerprint density at radius 3 is 2.61 bits per heavy atom. The van der Waals surface area contributed by atoms with E-state index in [4.69, 9.17) is 0 Å². The van der Waals surface area contributed by atoms with Crippen molar-refractivity contribution in [1.29, 1.82) is 0 Å². The van der Waals surface area contributed by atoms with E-state index in [1.807, 2.05) is 0 Å².